The normalized spacial score (nSPS) is 23.8. The van der Waals surface area contributed by atoms with Crippen molar-refractivity contribution >= 4 is 5.78 Å². The van der Waals surface area contributed by atoms with E-state index in [1.165, 1.54) is 5.56 Å². The van der Waals surface area contributed by atoms with Crippen LogP contribution in [0.4, 0.5) is 0 Å². The fourth-order valence-corrected chi connectivity index (χ4v) is 2.90. The molecule has 1 heterocycles. The monoisotopic (exact) mass is 275 g/mol. The molecule has 110 valence electrons. The summed E-state index contributed by atoms with van der Waals surface area (Å²) in [6.45, 7) is 5.90. The van der Waals surface area contributed by atoms with E-state index in [0.717, 1.165) is 37.8 Å². The van der Waals surface area contributed by atoms with Gasteiger partial charge in [0.25, 0.3) is 0 Å². The van der Waals surface area contributed by atoms with Crippen molar-refractivity contribution in [2.45, 2.75) is 45.1 Å². The van der Waals surface area contributed by atoms with Gasteiger partial charge in [0.2, 0.25) is 0 Å². The predicted molar refractivity (Wildman–Crippen MR) is 81.1 cm³/mol. The predicted octanol–water partition coefficient (Wildman–Crippen LogP) is 2.67. The molecule has 3 heteroatoms. The third-order valence-corrected chi connectivity index (χ3v) is 3.94. The zero-order chi connectivity index (χ0) is 14.6. The first-order valence-electron chi connectivity index (χ1n) is 7.57. The SMILES string of the molecule is CCCc1ccc(C(=O)CN2CCCC(C)(O)C2)cc1. The van der Waals surface area contributed by atoms with Crippen molar-refractivity contribution in [1.82, 2.24) is 4.90 Å². The van der Waals surface area contributed by atoms with E-state index >= 15 is 0 Å². The number of β-amino-alcohol motifs (C(OH)–C–C–N with tert-alkyl or cyclic N) is 1. The van der Waals surface area contributed by atoms with E-state index < -0.39 is 5.60 Å². The number of hydrogen-bond acceptors (Lipinski definition) is 3. The van der Waals surface area contributed by atoms with Crippen LogP contribution in [0.2, 0.25) is 0 Å². The molecule has 1 aliphatic heterocycles. The van der Waals surface area contributed by atoms with Gasteiger partial charge in [-0.1, -0.05) is 37.6 Å². The van der Waals surface area contributed by atoms with Crippen molar-refractivity contribution in [3.63, 3.8) is 0 Å². The van der Waals surface area contributed by atoms with Crippen molar-refractivity contribution < 1.29 is 9.90 Å². The van der Waals surface area contributed by atoms with Crippen molar-refractivity contribution in [2.24, 2.45) is 0 Å². The lowest BCUT2D eigenvalue weighted by molar-refractivity contribution is -0.0132. The smallest absolute Gasteiger partial charge is 0.176 e. The van der Waals surface area contributed by atoms with Crippen LogP contribution in [0.25, 0.3) is 0 Å². The number of benzene rings is 1. The summed E-state index contributed by atoms with van der Waals surface area (Å²) in [4.78, 5) is 14.3. The zero-order valence-corrected chi connectivity index (χ0v) is 12.6. The van der Waals surface area contributed by atoms with Crippen LogP contribution >= 0.6 is 0 Å². The van der Waals surface area contributed by atoms with Gasteiger partial charge in [-0.3, -0.25) is 9.69 Å². The molecule has 1 N–H and O–H groups in total. The maximum absolute atomic E-state index is 12.3. The number of nitrogens with zero attached hydrogens (tertiary/aromatic N) is 1. The lowest BCUT2D eigenvalue weighted by atomic mass is 9.94. The molecule has 1 aromatic carbocycles. The summed E-state index contributed by atoms with van der Waals surface area (Å²) in [6.07, 6.45) is 3.96. The number of hydrogen-bond donors (Lipinski definition) is 1. The number of carbonyl (C=O) groups excluding carboxylic acids is 1. The second-order valence-corrected chi connectivity index (χ2v) is 6.18. The van der Waals surface area contributed by atoms with Gasteiger partial charge in [-0.25, -0.2) is 0 Å². The minimum Gasteiger partial charge on any atom is -0.389 e. The maximum atomic E-state index is 12.3. The minimum absolute atomic E-state index is 0.144. The van der Waals surface area contributed by atoms with Crippen LogP contribution in [0.15, 0.2) is 24.3 Å². The molecule has 20 heavy (non-hydrogen) atoms. The van der Waals surface area contributed by atoms with Crippen LogP contribution in [-0.2, 0) is 6.42 Å². The van der Waals surface area contributed by atoms with Crippen LogP contribution in [-0.4, -0.2) is 41.0 Å². The third-order valence-electron chi connectivity index (χ3n) is 3.94. The summed E-state index contributed by atoms with van der Waals surface area (Å²) in [5.74, 6) is 0.144. The Hall–Kier alpha value is -1.19. The van der Waals surface area contributed by atoms with Crippen molar-refractivity contribution in [2.75, 3.05) is 19.6 Å². The highest BCUT2D eigenvalue weighted by Crippen LogP contribution is 2.20. The van der Waals surface area contributed by atoms with Gasteiger partial charge < -0.3 is 5.11 Å². The molecule has 0 saturated carbocycles. The average molecular weight is 275 g/mol. The molecule has 1 aromatic rings. The molecule has 0 radical (unpaired) electrons. The van der Waals surface area contributed by atoms with E-state index in [1.54, 1.807) is 0 Å². The quantitative estimate of drug-likeness (QED) is 0.840. The summed E-state index contributed by atoms with van der Waals surface area (Å²) >= 11 is 0. The second-order valence-electron chi connectivity index (χ2n) is 6.18. The van der Waals surface area contributed by atoms with Gasteiger partial charge in [-0.2, -0.15) is 0 Å². The van der Waals surface area contributed by atoms with E-state index in [9.17, 15) is 9.90 Å². The number of carbonyl (C=O) groups is 1. The maximum Gasteiger partial charge on any atom is 0.176 e. The van der Waals surface area contributed by atoms with Crippen molar-refractivity contribution in [3.05, 3.63) is 35.4 Å². The highest BCUT2D eigenvalue weighted by Gasteiger charge is 2.29. The lowest BCUT2D eigenvalue weighted by Gasteiger charge is -2.36. The Morgan fingerprint density at radius 1 is 1.35 bits per heavy atom. The Labute approximate surface area is 121 Å². The molecule has 0 aliphatic carbocycles. The van der Waals surface area contributed by atoms with Gasteiger partial charge in [0.15, 0.2) is 5.78 Å². The van der Waals surface area contributed by atoms with Crippen LogP contribution in [0.1, 0.15) is 49.0 Å². The summed E-state index contributed by atoms with van der Waals surface area (Å²) in [5, 5.41) is 10.1. The largest absolute Gasteiger partial charge is 0.389 e. The molecule has 2 rings (SSSR count). The van der Waals surface area contributed by atoms with Crippen LogP contribution in [0, 0.1) is 0 Å². The van der Waals surface area contributed by atoms with Crippen molar-refractivity contribution in [3.8, 4) is 0 Å². The lowest BCUT2D eigenvalue weighted by Crippen LogP contribution is -2.47. The van der Waals surface area contributed by atoms with E-state index in [1.807, 2.05) is 31.2 Å². The number of aliphatic hydroxyl groups is 1. The highest BCUT2D eigenvalue weighted by molar-refractivity contribution is 5.97. The van der Waals surface area contributed by atoms with Gasteiger partial charge in [-0.15, -0.1) is 0 Å². The number of piperidine rings is 1. The minimum atomic E-state index is -0.649. The molecule has 0 amide bonds. The molecule has 0 aromatic heterocycles. The highest BCUT2D eigenvalue weighted by atomic mass is 16.3. The molecule has 3 nitrogen and oxygen atoms in total. The molecule has 1 unspecified atom stereocenters. The van der Waals surface area contributed by atoms with Crippen LogP contribution < -0.4 is 0 Å². The summed E-state index contributed by atoms with van der Waals surface area (Å²) in [7, 11) is 0. The first-order chi connectivity index (χ1) is 9.50. The number of rotatable bonds is 5. The molecule has 1 fully saturated rings. The number of aryl methyl sites for hydroxylation is 1. The fraction of sp³-hybridized carbons (Fsp3) is 0.588. The van der Waals surface area contributed by atoms with Gasteiger partial charge in [0.1, 0.15) is 0 Å². The number of likely N-dealkylation sites (tertiary alicyclic amines) is 1. The standard InChI is InChI=1S/C17H25NO2/c1-3-5-14-6-8-15(9-7-14)16(19)12-18-11-4-10-17(2,20)13-18/h6-9,20H,3-5,10-13H2,1-2H3. The van der Waals surface area contributed by atoms with Gasteiger partial charge >= 0.3 is 0 Å². The Morgan fingerprint density at radius 3 is 2.65 bits per heavy atom. The van der Waals surface area contributed by atoms with Crippen LogP contribution in [0.5, 0.6) is 0 Å². The van der Waals surface area contributed by atoms with E-state index in [0.29, 0.717) is 13.1 Å². The molecule has 0 bridgehead atoms. The van der Waals surface area contributed by atoms with Gasteiger partial charge in [0.05, 0.1) is 12.1 Å². The van der Waals surface area contributed by atoms with E-state index in [2.05, 4.69) is 11.8 Å². The van der Waals surface area contributed by atoms with Crippen LogP contribution in [0.3, 0.4) is 0 Å². The van der Waals surface area contributed by atoms with Crippen molar-refractivity contribution in [1.29, 1.82) is 0 Å². The summed E-state index contributed by atoms with van der Waals surface area (Å²) in [6, 6.07) is 7.94. The summed E-state index contributed by atoms with van der Waals surface area (Å²) < 4.78 is 0. The number of Topliss-reactive ketones (excluding diaryl/α,β-unsaturated/α-hetero) is 1. The van der Waals surface area contributed by atoms with Gasteiger partial charge in [-0.05, 0) is 38.3 Å². The fourth-order valence-electron chi connectivity index (χ4n) is 2.90. The average Bonchev–Trinajstić information content (AvgIpc) is 2.38. The molecular weight excluding hydrogens is 250 g/mol. The first kappa shape index (κ1) is 15.2. The van der Waals surface area contributed by atoms with Gasteiger partial charge in [0, 0.05) is 12.1 Å². The summed E-state index contributed by atoms with van der Waals surface area (Å²) in [5.41, 5.74) is 1.41. The molecule has 0 spiro atoms. The molecule has 1 saturated heterocycles. The Morgan fingerprint density at radius 2 is 2.05 bits per heavy atom. The Bertz CT molecular complexity index is 451. The molecule has 1 atom stereocenters. The van der Waals surface area contributed by atoms with E-state index in [-0.39, 0.29) is 5.78 Å². The second kappa shape index (κ2) is 6.51. The zero-order valence-electron chi connectivity index (χ0n) is 12.6. The van der Waals surface area contributed by atoms with E-state index in [4.69, 9.17) is 0 Å². The molecule has 1 aliphatic rings. The Kier molecular flexibility index (Phi) is 4.95. The first-order valence-corrected chi connectivity index (χ1v) is 7.57. The third kappa shape index (κ3) is 4.15. The Balaban J connectivity index is 1.94. The number of ketones is 1. The molecular formula is C17H25NO2. The topological polar surface area (TPSA) is 40.5 Å².